The first kappa shape index (κ1) is 8.82. The summed E-state index contributed by atoms with van der Waals surface area (Å²) in [6, 6.07) is 10.1. The Bertz CT molecular complexity index is 422. The first-order chi connectivity index (χ1) is 6.38. The minimum Gasteiger partial charge on any atom is -0.192 e. The molecular weight excluding hydrogens is 218 g/mol. The lowest BCUT2D eigenvalue weighted by Crippen LogP contribution is -1.55. The molecule has 1 nitrogen and oxygen atoms in total. The molecule has 2 aromatic rings. The van der Waals surface area contributed by atoms with Crippen LogP contribution in [-0.2, 0) is 0 Å². The lowest BCUT2D eigenvalue weighted by Gasteiger charge is -1.89. The molecule has 0 aliphatic heterocycles. The van der Waals surface area contributed by atoms with E-state index in [2.05, 4.69) is 17.5 Å². The average Bonchev–Trinajstić information content (AvgIpc) is 2.76. The summed E-state index contributed by atoms with van der Waals surface area (Å²) < 4.78 is 2.45. The molecule has 2 aromatic heterocycles. The summed E-state index contributed by atoms with van der Waals surface area (Å²) in [6.07, 6.45) is 0. The zero-order valence-corrected chi connectivity index (χ0v) is 9.01. The largest absolute Gasteiger partial charge is 0.192 e. The quantitative estimate of drug-likeness (QED) is 0.772. The van der Waals surface area contributed by atoms with Gasteiger partial charge in [0.1, 0.15) is 10.9 Å². The molecule has 0 aromatic carbocycles. The van der Waals surface area contributed by atoms with Crippen molar-refractivity contribution >= 4 is 34.4 Å². The number of rotatable bonds is 2. The Morgan fingerprint density at radius 1 is 1.23 bits per heavy atom. The Hall–Kier alpha value is -0.760. The van der Waals surface area contributed by atoms with Crippen molar-refractivity contribution in [3.8, 4) is 6.07 Å². The van der Waals surface area contributed by atoms with Crippen LogP contribution in [0.5, 0.6) is 0 Å². The lowest BCUT2D eigenvalue weighted by atomic mass is 10.5. The predicted octanol–water partition coefficient (Wildman–Crippen LogP) is 3.83. The molecule has 0 bridgehead atoms. The first-order valence-electron chi connectivity index (χ1n) is 3.60. The standard InChI is InChI=1S/C9H5NS3/c10-6-7-3-4-9(12-7)13-8-2-1-5-11-8/h1-5H. The molecule has 13 heavy (non-hydrogen) atoms. The van der Waals surface area contributed by atoms with Crippen molar-refractivity contribution in [3.63, 3.8) is 0 Å². The highest BCUT2D eigenvalue weighted by atomic mass is 32.2. The fraction of sp³-hybridized carbons (Fsp3) is 0. The van der Waals surface area contributed by atoms with E-state index in [1.165, 1.54) is 19.8 Å². The van der Waals surface area contributed by atoms with Gasteiger partial charge in [-0.1, -0.05) is 17.8 Å². The first-order valence-corrected chi connectivity index (χ1v) is 6.11. The topological polar surface area (TPSA) is 23.8 Å². The maximum absolute atomic E-state index is 8.63. The maximum Gasteiger partial charge on any atom is 0.110 e. The van der Waals surface area contributed by atoms with E-state index in [0.717, 1.165) is 4.88 Å². The lowest BCUT2D eigenvalue weighted by molar-refractivity contribution is 1.52. The summed E-state index contributed by atoms with van der Waals surface area (Å²) in [7, 11) is 0. The molecule has 0 unspecified atom stereocenters. The van der Waals surface area contributed by atoms with Gasteiger partial charge in [0.25, 0.3) is 0 Å². The predicted molar refractivity (Wildman–Crippen MR) is 57.5 cm³/mol. The molecule has 0 atom stereocenters. The van der Waals surface area contributed by atoms with Crippen molar-refractivity contribution in [2.24, 2.45) is 0 Å². The third-order valence-electron chi connectivity index (χ3n) is 1.39. The van der Waals surface area contributed by atoms with Crippen LogP contribution in [0.2, 0.25) is 0 Å². The number of nitriles is 1. The Labute approximate surface area is 88.6 Å². The molecule has 2 heterocycles. The molecule has 0 saturated carbocycles. The van der Waals surface area contributed by atoms with Gasteiger partial charge < -0.3 is 0 Å². The van der Waals surface area contributed by atoms with Crippen LogP contribution in [-0.4, -0.2) is 0 Å². The van der Waals surface area contributed by atoms with E-state index in [9.17, 15) is 0 Å². The Morgan fingerprint density at radius 2 is 2.15 bits per heavy atom. The van der Waals surface area contributed by atoms with E-state index >= 15 is 0 Å². The molecule has 0 N–H and O–H groups in total. The second-order valence-electron chi connectivity index (χ2n) is 2.26. The molecule has 0 fully saturated rings. The molecular formula is C9H5NS3. The van der Waals surface area contributed by atoms with Crippen molar-refractivity contribution < 1.29 is 0 Å². The van der Waals surface area contributed by atoms with Gasteiger partial charge in [-0.3, -0.25) is 0 Å². The normalized spacial score (nSPS) is 9.77. The van der Waals surface area contributed by atoms with E-state index in [4.69, 9.17) is 5.26 Å². The Balaban J connectivity index is 2.15. The van der Waals surface area contributed by atoms with Gasteiger partial charge in [0, 0.05) is 0 Å². The zero-order chi connectivity index (χ0) is 9.10. The third-order valence-corrected chi connectivity index (χ3v) is 4.55. The highest BCUT2D eigenvalue weighted by Crippen LogP contribution is 2.35. The maximum atomic E-state index is 8.63. The highest BCUT2D eigenvalue weighted by Gasteiger charge is 2.01. The molecule has 2 rings (SSSR count). The minimum atomic E-state index is 0.777. The number of hydrogen-bond donors (Lipinski definition) is 0. The van der Waals surface area contributed by atoms with Gasteiger partial charge in [-0.2, -0.15) is 5.26 Å². The van der Waals surface area contributed by atoms with Gasteiger partial charge in [0.2, 0.25) is 0 Å². The van der Waals surface area contributed by atoms with Gasteiger partial charge >= 0.3 is 0 Å². The van der Waals surface area contributed by atoms with Gasteiger partial charge in [0.15, 0.2) is 0 Å². The number of nitrogens with zero attached hydrogens (tertiary/aromatic N) is 1. The average molecular weight is 223 g/mol. The molecule has 64 valence electrons. The van der Waals surface area contributed by atoms with Crippen LogP contribution >= 0.6 is 34.4 Å². The summed E-state index contributed by atoms with van der Waals surface area (Å²) in [4.78, 5) is 0.777. The van der Waals surface area contributed by atoms with Crippen molar-refractivity contribution in [1.82, 2.24) is 0 Å². The van der Waals surface area contributed by atoms with E-state index in [0.29, 0.717) is 0 Å². The van der Waals surface area contributed by atoms with Crippen molar-refractivity contribution in [2.45, 2.75) is 8.42 Å². The highest BCUT2D eigenvalue weighted by molar-refractivity contribution is 8.02. The van der Waals surface area contributed by atoms with Crippen LogP contribution in [0.25, 0.3) is 0 Å². The summed E-state index contributed by atoms with van der Waals surface area (Å²) >= 11 is 4.98. The van der Waals surface area contributed by atoms with E-state index in [1.54, 1.807) is 23.1 Å². The number of hydrogen-bond acceptors (Lipinski definition) is 4. The van der Waals surface area contributed by atoms with Crippen molar-refractivity contribution in [2.75, 3.05) is 0 Å². The molecule has 0 amide bonds. The smallest absolute Gasteiger partial charge is 0.110 e. The monoisotopic (exact) mass is 223 g/mol. The fourth-order valence-electron chi connectivity index (χ4n) is 0.856. The van der Waals surface area contributed by atoms with Crippen LogP contribution in [0.4, 0.5) is 0 Å². The van der Waals surface area contributed by atoms with E-state index < -0.39 is 0 Å². The zero-order valence-electron chi connectivity index (χ0n) is 6.56. The van der Waals surface area contributed by atoms with Gasteiger partial charge in [-0.05, 0) is 23.6 Å². The summed E-state index contributed by atoms with van der Waals surface area (Å²) in [6.45, 7) is 0. The summed E-state index contributed by atoms with van der Waals surface area (Å²) in [5.41, 5.74) is 0. The summed E-state index contributed by atoms with van der Waals surface area (Å²) in [5, 5.41) is 10.7. The van der Waals surface area contributed by atoms with Gasteiger partial charge in [-0.15, -0.1) is 22.7 Å². The molecule has 0 spiro atoms. The van der Waals surface area contributed by atoms with Crippen molar-refractivity contribution in [1.29, 1.82) is 5.26 Å². The SMILES string of the molecule is N#Cc1ccc(Sc2cccs2)s1. The van der Waals surface area contributed by atoms with Crippen LogP contribution in [0.3, 0.4) is 0 Å². The van der Waals surface area contributed by atoms with Crippen molar-refractivity contribution in [3.05, 3.63) is 34.5 Å². The molecule has 0 saturated heterocycles. The summed E-state index contributed by atoms with van der Waals surface area (Å²) in [5.74, 6) is 0. The molecule has 0 aliphatic carbocycles. The number of thiophene rings is 2. The Morgan fingerprint density at radius 3 is 2.77 bits per heavy atom. The van der Waals surface area contributed by atoms with Crippen LogP contribution in [0.1, 0.15) is 4.88 Å². The van der Waals surface area contributed by atoms with Crippen LogP contribution in [0, 0.1) is 11.3 Å². The molecule has 0 radical (unpaired) electrons. The van der Waals surface area contributed by atoms with Crippen LogP contribution < -0.4 is 0 Å². The van der Waals surface area contributed by atoms with E-state index in [1.807, 2.05) is 18.2 Å². The minimum absolute atomic E-state index is 0.777. The Kier molecular flexibility index (Phi) is 2.69. The second kappa shape index (κ2) is 3.97. The third kappa shape index (κ3) is 2.13. The van der Waals surface area contributed by atoms with Crippen LogP contribution in [0.15, 0.2) is 38.1 Å². The van der Waals surface area contributed by atoms with E-state index in [-0.39, 0.29) is 0 Å². The second-order valence-corrected chi connectivity index (χ2v) is 5.90. The molecule has 4 heteroatoms. The fourth-order valence-corrected chi connectivity index (χ4v) is 3.81. The van der Waals surface area contributed by atoms with Gasteiger partial charge in [-0.25, -0.2) is 0 Å². The molecule has 0 aliphatic rings. The van der Waals surface area contributed by atoms with Gasteiger partial charge in [0.05, 0.1) is 8.42 Å².